The molecule has 0 bridgehead atoms. The standard InChI is InChI=1S/C85H70BN3/c1-82(2,3)58-40-42-71-67(48-58)68-49-59(83(4,5)6)50-70-81(68)88(71)73-46-53(47-74-78(73)86(70)69-31-21-30-66-77-72(89(74)80(66)69)43-41-65-63-28-18-17-26-61(63)62-27-19-20-29-64(62)76(65)77)75-60(51-32-36-56(37-33-51)84(7,8)54-22-13-11-14-23-54)44-45-87-79(75)52-34-38-57(39-35-52)85(9,10)55-24-15-12-16-25-55/h11-50H,1-10H3. The quantitative estimate of drug-likeness (QED) is 0.115. The minimum absolute atomic E-state index is 0.0446. The molecule has 0 fully saturated rings. The summed E-state index contributed by atoms with van der Waals surface area (Å²) in [7, 11) is 0. The summed E-state index contributed by atoms with van der Waals surface area (Å²) in [6.45, 7) is 23.5. The molecular formula is C85H70BN3. The Labute approximate surface area is 522 Å². The molecule has 5 heterocycles. The van der Waals surface area contributed by atoms with E-state index in [1.54, 1.807) is 0 Å². The van der Waals surface area contributed by atoms with Crippen LogP contribution in [-0.4, -0.2) is 20.8 Å². The van der Waals surface area contributed by atoms with Crippen LogP contribution in [0.25, 0.3) is 121 Å². The van der Waals surface area contributed by atoms with Crippen molar-refractivity contribution in [3.8, 4) is 44.9 Å². The molecule has 12 aromatic carbocycles. The van der Waals surface area contributed by atoms with Gasteiger partial charge in [0.1, 0.15) is 0 Å². The zero-order chi connectivity index (χ0) is 60.6. The number of hydrogen-bond acceptors (Lipinski definition) is 1. The third-order valence-corrected chi connectivity index (χ3v) is 20.9. The van der Waals surface area contributed by atoms with Gasteiger partial charge in [0.2, 0.25) is 0 Å². The largest absolute Gasteiger partial charge is 0.310 e. The van der Waals surface area contributed by atoms with E-state index in [1.807, 2.05) is 6.20 Å². The fourth-order valence-electron chi connectivity index (χ4n) is 15.9. The molecule has 4 heteroatoms. The van der Waals surface area contributed by atoms with Crippen LogP contribution in [0.1, 0.15) is 103 Å². The fraction of sp³-hybridized carbons (Fsp3) is 0.165. The lowest BCUT2D eigenvalue weighted by Crippen LogP contribution is -2.59. The molecule has 0 N–H and O–H groups in total. The zero-order valence-electron chi connectivity index (χ0n) is 52.5. The van der Waals surface area contributed by atoms with E-state index in [2.05, 4.69) is 315 Å². The van der Waals surface area contributed by atoms with E-state index >= 15 is 0 Å². The van der Waals surface area contributed by atoms with Gasteiger partial charge < -0.3 is 9.13 Å². The normalized spacial score (nSPS) is 13.3. The Balaban J connectivity index is 1.01. The van der Waals surface area contributed by atoms with Crippen molar-refractivity contribution >= 4 is 99.0 Å². The van der Waals surface area contributed by atoms with Crippen LogP contribution in [0, 0.1) is 0 Å². The Morgan fingerprint density at radius 3 is 1.42 bits per heavy atom. The first-order valence-corrected chi connectivity index (χ1v) is 31.9. The van der Waals surface area contributed by atoms with Crippen molar-refractivity contribution in [3.63, 3.8) is 0 Å². The Morgan fingerprint density at radius 1 is 0.326 bits per heavy atom. The molecule has 89 heavy (non-hydrogen) atoms. The smallest absolute Gasteiger partial charge is 0.252 e. The van der Waals surface area contributed by atoms with Crippen molar-refractivity contribution in [3.05, 3.63) is 276 Å². The number of pyridine rings is 1. The Kier molecular flexibility index (Phi) is 11.3. The second kappa shape index (κ2) is 18.9. The van der Waals surface area contributed by atoms with Crippen molar-refractivity contribution in [1.29, 1.82) is 0 Å². The van der Waals surface area contributed by atoms with Gasteiger partial charge in [0.25, 0.3) is 6.71 Å². The van der Waals surface area contributed by atoms with Gasteiger partial charge in [-0.15, -0.1) is 0 Å². The molecule has 3 nitrogen and oxygen atoms in total. The number of benzene rings is 12. The van der Waals surface area contributed by atoms with Crippen molar-refractivity contribution in [2.24, 2.45) is 0 Å². The van der Waals surface area contributed by atoms with Crippen LogP contribution < -0.4 is 16.4 Å². The predicted molar refractivity (Wildman–Crippen MR) is 381 cm³/mol. The highest BCUT2D eigenvalue weighted by molar-refractivity contribution is 7.00. The van der Waals surface area contributed by atoms with Crippen LogP contribution in [-0.2, 0) is 21.7 Å². The molecule has 2 aliphatic rings. The summed E-state index contributed by atoms with van der Waals surface area (Å²) in [5.41, 5.74) is 25.3. The van der Waals surface area contributed by atoms with Crippen LogP contribution in [0.5, 0.6) is 0 Å². The second-order valence-electron chi connectivity index (χ2n) is 28.7. The average Bonchev–Trinajstić information content (AvgIpc) is 1.57. The Bertz CT molecular complexity index is 5320. The molecule has 0 saturated heterocycles. The topological polar surface area (TPSA) is 22.8 Å². The number of nitrogens with zero attached hydrogens (tertiary/aromatic N) is 3. The minimum Gasteiger partial charge on any atom is -0.310 e. The lowest BCUT2D eigenvalue weighted by atomic mass is 9.34. The van der Waals surface area contributed by atoms with Crippen molar-refractivity contribution in [2.45, 2.75) is 90.9 Å². The van der Waals surface area contributed by atoms with E-state index in [4.69, 9.17) is 4.98 Å². The third kappa shape index (κ3) is 7.75. The lowest BCUT2D eigenvalue weighted by Gasteiger charge is -2.35. The van der Waals surface area contributed by atoms with E-state index in [0.29, 0.717) is 0 Å². The van der Waals surface area contributed by atoms with E-state index < -0.39 is 0 Å². The summed E-state index contributed by atoms with van der Waals surface area (Å²) < 4.78 is 5.35. The van der Waals surface area contributed by atoms with E-state index in [-0.39, 0.29) is 28.4 Å². The first-order chi connectivity index (χ1) is 42.9. The van der Waals surface area contributed by atoms with Crippen LogP contribution >= 0.6 is 0 Å². The summed E-state index contributed by atoms with van der Waals surface area (Å²) in [5.74, 6) is 0. The molecule has 0 atom stereocenters. The maximum Gasteiger partial charge on any atom is 0.252 e. The average molecular weight is 1140 g/mol. The predicted octanol–water partition coefficient (Wildman–Crippen LogP) is 20.1. The molecule has 0 saturated carbocycles. The number of rotatable bonds is 7. The van der Waals surface area contributed by atoms with Crippen LogP contribution in [0.4, 0.5) is 0 Å². The van der Waals surface area contributed by atoms with Gasteiger partial charge in [-0.3, -0.25) is 4.98 Å². The Hall–Kier alpha value is -9.77. The van der Waals surface area contributed by atoms with Gasteiger partial charge in [-0.1, -0.05) is 263 Å². The number of aromatic nitrogens is 3. The molecule has 428 valence electrons. The molecule has 0 spiro atoms. The maximum absolute atomic E-state index is 5.52. The minimum atomic E-state index is -0.209. The van der Waals surface area contributed by atoms with Gasteiger partial charge in [0.05, 0.1) is 16.7 Å². The van der Waals surface area contributed by atoms with Crippen LogP contribution in [0.2, 0.25) is 0 Å². The van der Waals surface area contributed by atoms with E-state index in [9.17, 15) is 0 Å². The molecule has 2 aliphatic heterocycles. The van der Waals surface area contributed by atoms with E-state index in [0.717, 1.165) is 33.5 Å². The second-order valence-corrected chi connectivity index (χ2v) is 28.7. The number of fused-ring (bicyclic) bond motifs is 17. The van der Waals surface area contributed by atoms with Gasteiger partial charge in [-0.25, -0.2) is 0 Å². The summed E-state index contributed by atoms with van der Waals surface area (Å²) >= 11 is 0. The molecule has 0 amide bonds. The first-order valence-electron chi connectivity index (χ1n) is 31.9. The van der Waals surface area contributed by atoms with E-state index in [1.165, 1.54) is 137 Å². The van der Waals surface area contributed by atoms with Gasteiger partial charge in [0, 0.05) is 77.5 Å². The Morgan fingerprint density at radius 2 is 0.809 bits per heavy atom. The highest BCUT2D eigenvalue weighted by Gasteiger charge is 2.43. The van der Waals surface area contributed by atoms with Crippen LogP contribution in [0.3, 0.4) is 0 Å². The van der Waals surface area contributed by atoms with Gasteiger partial charge in [0.15, 0.2) is 0 Å². The first kappa shape index (κ1) is 53.5. The molecule has 0 unspecified atom stereocenters. The van der Waals surface area contributed by atoms with Gasteiger partial charge in [-0.05, 0) is 147 Å². The van der Waals surface area contributed by atoms with Crippen molar-refractivity contribution < 1.29 is 0 Å². The third-order valence-electron chi connectivity index (χ3n) is 20.9. The molecule has 0 aliphatic carbocycles. The molecular weight excluding hydrogens is 1070 g/mol. The summed E-state index contributed by atoms with van der Waals surface area (Å²) in [6, 6.07) is 90.5. The molecule has 0 radical (unpaired) electrons. The number of para-hydroxylation sites is 1. The summed E-state index contributed by atoms with van der Waals surface area (Å²) in [5, 5.41) is 12.9. The van der Waals surface area contributed by atoms with Gasteiger partial charge in [-0.2, -0.15) is 0 Å². The monoisotopic (exact) mass is 1140 g/mol. The van der Waals surface area contributed by atoms with Gasteiger partial charge >= 0.3 is 0 Å². The maximum atomic E-state index is 5.52. The highest BCUT2D eigenvalue weighted by Crippen LogP contribution is 2.49. The van der Waals surface area contributed by atoms with Crippen LogP contribution in [0.15, 0.2) is 243 Å². The molecule has 3 aromatic heterocycles. The van der Waals surface area contributed by atoms with Crippen molar-refractivity contribution in [1.82, 2.24) is 14.1 Å². The highest BCUT2D eigenvalue weighted by atomic mass is 15.0. The number of hydrogen-bond donors (Lipinski definition) is 0. The fourth-order valence-corrected chi connectivity index (χ4v) is 15.9. The zero-order valence-corrected chi connectivity index (χ0v) is 52.5. The van der Waals surface area contributed by atoms with Crippen molar-refractivity contribution in [2.75, 3.05) is 0 Å². The molecule has 17 rings (SSSR count). The summed E-state index contributed by atoms with van der Waals surface area (Å²) in [6.07, 6.45) is 2.04. The SMILES string of the molecule is CC(C)(C)c1ccc2c(c1)c1cc(C(C)(C)C)cc3c1n2-c1cc(-c2c(-c4ccc(C(C)(C)c5ccccc5)cc4)ccnc2-c2ccc(C(C)(C)c4ccccc4)cc2)cc2c1B3c1cccc3c4c5c6ccccc6c6ccccc6c5ccc4n-2c13. The molecule has 15 aromatic rings. The summed E-state index contributed by atoms with van der Waals surface area (Å²) in [4.78, 5) is 5.52. The lowest BCUT2D eigenvalue weighted by molar-refractivity contribution is 0.590.